The van der Waals surface area contributed by atoms with Gasteiger partial charge < -0.3 is 19.5 Å². The molecule has 0 spiro atoms. The molecule has 0 aliphatic carbocycles. The van der Waals surface area contributed by atoms with E-state index < -0.39 is 0 Å². The van der Waals surface area contributed by atoms with Gasteiger partial charge in [-0.15, -0.1) is 0 Å². The number of hydrogen-bond acceptors (Lipinski definition) is 5. The van der Waals surface area contributed by atoms with Crippen molar-refractivity contribution in [3.8, 4) is 17.2 Å². The Labute approximate surface area is 195 Å². The Morgan fingerprint density at radius 2 is 1.67 bits per heavy atom. The molecule has 1 heterocycles. The van der Waals surface area contributed by atoms with Gasteiger partial charge in [0.1, 0.15) is 17.2 Å². The van der Waals surface area contributed by atoms with Crippen LogP contribution in [0.4, 0.5) is 5.69 Å². The summed E-state index contributed by atoms with van der Waals surface area (Å²) in [5.41, 5.74) is 2.76. The van der Waals surface area contributed by atoms with Gasteiger partial charge in [-0.2, -0.15) is 0 Å². The first-order valence-electron chi connectivity index (χ1n) is 11.3. The highest BCUT2D eigenvalue weighted by Gasteiger charge is 2.14. The number of hydrogen-bond donors (Lipinski definition) is 1. The van der Waals surface area contributed by atoms with Gasteiger partial charge in [-0.1, -0.05) is 12.1 Å². The molecule has 1 amide bonds. The summed E-state index contributed by atoms with van der Waals surface area (Å²) in [5.74, 6) is 1.81. The Bertz CT molecular complexity index is 1080. The van der Waals surface area contributed by atoms with Crippen LogP contribution in [0.5, 0.6) is 17.2 Å². The second kappa shape index (κ2) is 11.5. The summed E-state index contributed by atoms with van der Waals surface area (Å²) in [7, 11) is 0. The molecule has 0 aliphatic heterocycles. The molecule has 3 aromatic rings. The number of amides is 1. The summed E-state index contributed by atoms with van der Waals surface area (Å²) >= 11 is 0. The minimum atomic E-state index is -0.214. The Hall–Kier alpha value is -3.38. The van der Waals surface area contributed by atoms with Crippen molar-refractivity contribution in [1.82, 2.24) is 4.98 Å². The number of anilines is 1. The van der Waals surface area contributed by atoms with E-state index in [-0.39, 0.29) is 18.1 Å². The molecule has 1 atom stereocenters. The van der Waals surface area contributed by atoms with E-state index in [1.54, 1.807) is 6.07 Å². The molecule has 6 heteroatoms. The number of carbonyl (C=O) groups excluding carboxylic acids is 1. The summed E-state index contributed by atoms with van der Waals surface area (Å²) in [6.07, 6.45) is 0.929. The second-order valence-corrected chi connectivity index (χ2v) is 8.13. The lowest BCUT2D eigenvalue weighted by Gasteiger charge is -2.16. The third-order valence-electron chi connectivity index (χ3n) is 4.83. The van der Waals surface area contributed by atoms with Crippen molar-refractivity contribution in [2.24, 2.45) is 0 Å². The van der Waals surface area contributed by atoms with Gasteiger partial charge in [0.2, 0.25) is 0 Å². The molecular formula is C27H32N2O4. The van der Waals surface area contributed by atoms with E-state index >= 15 is 0 Å². The van der Waals surface area contributed by atoms with Crippen molar-refractivity contribution >= 4 is 11.6 Å². The van der Waals surface area contributed by atoms with Crippen LogP contribution in [-0.4, -0.2) is 29.7 Å². The molecule has 0 radical (unpaired) electrons. The number of aryl methyl sites for hydroxylation is 1. The molecule has 1 unspecified atom stereocenters. The first-order valence-corrected chi connectivity index (χ1v) is 11.3. The number of pyridine rings is 1. The molecule has 6 nitrogen and oxygen atoms in total. The quantitative estimate of drug-likeness (QED) is 0.400. The minimum absolute atomic E-state index is 0.0635. The highest BCUT2D eigenvalue weighted by molar-refractivity contribution is 6.05. The number of benzene rings is 2. The largest absolute Gasteiger partial charge is 0.494 e. The third-order valence-corrected chi connectivity index (χ3v) is 4.83. The van der Waals surface area contributed by atoms with Crippen molar-refractivity contribution in [3.63, 3.8) is 0 Å². The highest BCUT2D eigenvalue weighted by atomic mass is 16.5. The monoisotopic (exact) mass is 448 g/mol. The maximum absolute atomic E-state index is 12.9. The SMILES string of the molecule is CCOc1cccc(Oc2cccc(NC(=O)c3ccc(CC(C)OC(C)C)nc3C)c2)c1. The van der Waals surface area contributed by atoms with Crippen LogP contribution >= 0.6 is 0 Å². The first-order chi connectivity index (χ1) is 15.8. The smallest absolute Gasteiger partial charge is 0.257 e. The van der Waals surface area contributed by atoms with Crippen molar-refractivity contribution in [1.29, 1.82) is 0 Å². The second-order valence-electron chi connectivity index (χ2n) is 8.13. The fraction of sp³-hybridized carbons (Fsp3) is 0.333. The van der Waals surface area contributed by atoms with Crippen molar-refractivity contribution in [3.05, 3.63) is 77.6 Å². The van der Waals surface area contributed by atoms with Crippen LogP contribution in [0, 0.1) is 6.92 Å². The summed E-state index contributed by atoms with van der Waals surface area (Å²) in [4.78, 5) is 17.5. The molecule has 0 aliphatic rings. The average Bonchev–Trinajstić information content (AvgIpc) is 2.74. The van der Waals surface area contributed by atoms with Gasteiger partial charge >= 0.3 is 0 Å². The third kappa shape index (κ3) is 7.32. The van der Waals surface area contributed by atoms with Crippen molar-refractivity contribution < 1.29 is 19.0 Å². The van der Waals surface area contributed by atoms with E-state index in [0.717, 1.165) is 11.4 Å². The minimum Gasteiger partial charge on any atom is -0.494 e. The summed E-state index contributed by atoms with van der Waals surface area (Å²) in [5, 5.41) is 2.93. The van der Waals surface area contributed by atoms with Gasteiger partial charge in [0.25, 0.3) is 5.91 Å². The molecule has 0 saturated heterocycles. The van der Waals surface area contributed by atoms with E-state index in [1.807, 2.05) is 89.2 Å². The van der Waals surface area contributed by atoms with Gasteiger partial charge in [-0.25, -0.2) is 0 Å². The zero-order valence-corrected chi connectivity index (χ0v) is 19.9. The maximum atomic E-state index is 12.9. The topological polar surface area (TPSA) is 69.7 Å². The Morgan fingerprint density at radius 3 is 2.36 bits per heavy atom. The Balaban J connectivity index is 1.66. The molecular weight excluding hydrogens is 416 g/mol. The van der Waals surface area contributed by atoms with Crippen molar-refractivity contribution in [2.75, 3.05) is 11.9 Å². The first kappa shape index (κ1) is 24.3. The molecule has 0 saturated carbocycles. The van der Waals surface area contributed by atoms with Gasteiger partial charge in [0, 0.05) is 29.9 Å². The number of rotatable bonds is 10. The summed E-state index contributed by atoms with van der Waals surface area (Å²) in [6.45, 7) is 10.4. The lowest BCUT2D eigenvalue weighted by molar-refractivity contribution is 0.0190. The summed E-state index contributed by atoms with van der Waals surface area (Å²) < 4.78 is 17.2. The lowest BCUT2D eigenvalue weighted by atomic mass is 10.1. The average molecular weight is 449 g/mol. The number of nitrogens with zero attached hydrogens (tertiary/aromatic N) is 1. The van der Waals surface area contributed by atoms with Crippen LogP contribution in [-0.2, 0) is 11.2 Å². The highest BCUT2D eigenvalue weighted by Crippen LogP contribution is 2.27. The maximum Gasteiger partial charge on any atom is 0.257 e. The normalized spacial score (nSPS) is 11.8. The number of ether oxygens (including phenoxy) is 3. The van der Waals surface area contributed by atoms with E-state index in [9.17, 15) is 4.79 Å². The van der Waals surface area contributed by atoms with Crippen LogP contribution in [0.25, 0.3) is 0 Å². The van der Waals surface area contributed by atoms with Crippen LogP contribution < -0.4 is 14.8 Å². The molecule has 0 bridgehead atoms. The molecule has 1 aromatic heterocycles. The molecule has 0 fully saturated rings. The standard InChI is InChI=1S/C27H32N2O4/c1-6-31-23-10-8-12-25(17-23)33-24-11-7-9-21(16-24)29-27(30)26-14-13-22(28-20(26)5)15-19(4)32-18(2)3/h7-14,16-19H,6,15H2,1-5H3,(H,29,30). The Kier molecular flexibility index (Phi) is 8.44. The van der Waals surface area contributed by atoms with Crippen molar-refractivity contribution in [2.45, 2.75) is 53.2 Å². The zero-order chi connectivity index (χ0) is 23.8. The van der Waals surface area contributed by atoms with Crippen LogP contribution in [0.2, 0.25) is 0 Å². The Morgan fingerprint density at radius 1 is 0.970 bits per heavy atom. The van der Waals surface area contributed by atoms with Crippen LogP contribution in [0.1, 0.15) is 49.4 Å². The molecule has 174 valence electrons. The van der Waals surface area contributed by atoms with E-state index in [4.69, 9.17) is 14.2 Å². The lowest BCUT2D eigenvalue weighted by Crippen LogP contribution is -2.18. The number of carbonyl (C=O) groups is 1. The number of aromatic nitrogens is 1. The molecule has 33 heavy (non-hydrogen) atoms. The number of nitrogens with one attached hydrogen (secondary N) is 1. The molecule has 2 aromatic carbocycles. The summed E-state index contributed by atoms with van der Waals surface area (Å²) in [6, 6.07) is 18.4. The van der Waals surface area contributed by atoms with Crippen LogP contribution in [0.3, 0.4) is 0 Å². The van der Waals surface area contributed by atoms with E-state index in [2.05, 4.69) is 10.3 Å². The zero-order valence-electron chi connectivity index (χ0n) is 19.9. The van der Waals surface area contributed by atoms with Gasteiger partial charge in [0.15, 0.2) is 0 Å². The molecule has 3 rings (SSSR count). The predicted molar refractivity (Wildman–Crippen MR) is 130 cm³/mol. The van der Waals surface area contributed by atoms with E-state index in [1.165, 1.54) is 0 Å². The molecule has 1 N–H and O–H groups in total. The fourth-order valence-corrected chi connectivity index (χ4v) is 3.54. The van der Waals surface area contributed by atoms with Crippen LogP contribution in [0.15, 0.2) is 60.7 Å². The predicted octanol–water partition coefficient (Wildman–Crippen LogP) is 6.19. The van der Waals surface area contributed by atoms with Gasteiger partial charge in [-0.3, -0.25) is 9.78 Å². The fourth-order valence-electron chi connectivity index (χ4n) is 3.54. The van der Waals surface area contributed by atoms with Gasteiger partial charge in [0.05, 0.1) is 30.1 Å². The van der Waals surface area contributed by atoms with Gasteiger partial charge in [-0.05, 0) is 71.0 Å². The van der Waals surface area contributed by atoms with E-state index in [0.29, 0.717) is 41.5 Å².